The van der Waals surface area contributed by atoms with Crippen molar-refractivity contribution < 1.29 is 40.3 Å². The molecule has 12 heteroatoms. The quantitative estimate of drug-likeness (QED) is 0.158. The molecule has 6 nitrogen and oxygen atoms in total. The maximum Gasteiger partial charge on any atom is 0.449 e. The van der Waals surface area contributed by atoms with Crippen LogP contribution in [0.4, 0.5) is 17.6 Å². The predicted octanol–water partition coefficient (Wildman–Crippen LogP) is 8.97. The summed E-state index contributed by atoms with van der Waals surface area (Å²) >= 11 is 6.57. The Bertz CT molecular complexity index is 2050. The van der Waals surface area contributed by atoms with E-state index in [2.05, 4.69) is 0 Å². The molecule has 0 saturated heterocycles. The van der Waals surface area contributed by atoms with E-state index in [1.807, 2.05) is 0 Å². The fourth-order valence-corrected chi connectivity index (χ4v) is 7.21. The van der Waals surface area contributed by atoms with Gasteiger partial charge in [0.05, 0.1) is 16.9 Å². The monoisotopic (exact) mass is 673 g/mol. The first-order valence-electron chi connectivity index (χ1n) is 14.0. The largest absolute Gasteiger partial charge is 0.481 e. The SMILES string of the molecule is Cc1ccc2ccccc2c1S(=O)(=O)N(Cc1ccc(C(F)(F)F)o1)Cc1c(F)cc(-c2cccc(C(C)(C)C(=O)O)c2)cc1Cl. The highest BCUT2D eigenvalue weighted by Crippen LogP contribution is 2.36. The van der Waals surface area contributed by atoms with E-state index in [1.165, 1.54) is 19.9 Å². The van der Waals surface area contributed by atoms with Crippen molar-refractivity contribution in [3.63, 3.8) is 0 Å². The molecule has 0 amide bonds. The van der Waals surface area contributed by atoms with Gasteiger partial charge in [0.25, 0.3) is 0 Å². The molecule has 240 valence electrons. The minimum absolute atomic E-state index is 0.0841. The topological polar surface area (TPSA) is 87.8 Å². The fourth-order valence-electron chi connectivity index (χ4n) is 5.15. The minimum atomic E-state index is -4.80. The van der Waals surface area contributed by atoms with Crippen molar-refractivity contribution in [3.05, 3.63) is 124 Å². The standard InChI is InChI=1S/C34H28ClF4NO5S/c1-20-11-12-21-7-4-5-10-26(21)31(20)46(43,44)40(18-25-13-14-30(45-25)34(37,38)39)19-27-28(35)16-23(17-29(27)36)22-8-6-9-24(15-22)33(2,3)32(41)42/h4-17H,18-19H2,1-3H3,(H,41,42). The first-order chi connectivity index (χ1) is 21.5. The second-order valence-electron chi connectivity index (χ2n) is 11.4. The van der Waals surface area contributed by atoms with Crippen LogP contribution in [-0.2, 0) is 39.5 Å². The number of carboxylic acids is 1. The molecule has 0 saturated carbocycles. The third-order valence-corrected chi connectivity index (χ3v) is 10.2. The van der Waals surface area contributed by atoms with Crippen LogP contribution in [0.2, 0.25) is 5.02 Å². The maximum absolute atomic E-state index is 15.9. The van der Waals surface area contributed by atoms with Crippen LogP contribution in [0.15, 0.2) is 94.2 Å². The summed E-state index contributed by atoms with van der Waals surface area (Å²) in [5.74, 6) is -3.52. The Morgan fingerprint density at radius 1 is 0.913 bits per heavy atom. The van der Waals surface area contributed by atoms with Gasteiger partial charge < -0.3 is 9.52 Å². The number of benzene rings is 4. The van der Waals surface area contributed by atoms with E-state index >= 15 is 4.39 Å². The van der Waals surface area contributed by atoms with Gasteiger partial charge in [-0.15, -0.1) is 0 Å². The van der Waals surface area contributed by atoms with Gasteiger partial charge in [-0.25, -0.2) is 12.8 Å². The zero-order valence-electron chi connectivity index (χ0n) is 24.8. The maximum atomic E-state index is 15.9. The Hall–Kier alpha value is -4.19. The smallest absolute Gasteiger partial charge is 0.449 e. The van der Waals surface area contributed by atoms with Crippen LogP contribution in [-0.4, -0.2) is 23.8 Å². The molecule has 0 unspecified atom stereocenters. The van der Waals surface area contributed by atoms with Crippen LogP contribution in [0, 0.1) is 12.7 Å². The number of nitrogens with zero attached hydrogens (tertiary/aromatic N) is 1. The second kappa shape index (κ2) is 12.2. The van der Waals surface area contributed by atoms with E-state index in [1.54, 1.807) is 67.6 Å². The van der Waals surface area contributed by atoms with Gasteiger partial charge in [-0.3, -0.25) is 4.79 Å². The molecular formula is C34H28ClF4NO5S. The van der Waals surface area contributed by atoms with Gasteiger partial charge in [-0.05, 0) is 72.7 Å². The van der Waals surface area contributed by atoms with Gasteiger partial charge in [0.2, 0.25) is 15.8 Å². The van der Waals surface area contributed by atoms with Crippen molar-refractivity contribution in [1.82, 2.24) is 4.31 Å². The molecule has 1 aromatic heterocycles. The van der Waals surface area contributed by atoms with Crippen LogP contribution in [0.3, 0.4) is 0 Å². The summed E-state index contributed by atoms with van der Waals surface area (Å²) < 4.78 is 90.2. The van der Waals surface area contributed by atoms with Crippen LogP contribution in [0.1, 0.15) is 42.1 Å². The molecule has 0 radical (unpaired) electrons. The number of hydrogen-bond donors (Lipinski definition) is 1. The second-order valence-corrected chi connectivity index (χ2v) is 13.7. The predicted molar refractivity (Wildman–Crippen MR) is 166 cm³/mol. The lowest BCUT2D eigenvalue weighted by Crippen LogP contribution is -2.31. The Balaban J connectivity index is 1.59. The molecule has 0 aliphatic heterocycles. The normalized spacial score (nSPS) is 12.6. The molecule has 5 rings (SSSR count). The van der Waals surface area contributed by atoms with E-state index in [-0.39, 0.29) is 21.2 Å². The summed E-state index contributed by atoms with van der Waals surface area (Å²) in [6.07, 6.45) is -4.80. The average Bonchev–Trinajstić information content (AvgIpc) is 3.47. The number of halogens is 5. The van der Waals surface area contributed by atoms with Crippen LogP contribution < -0.4 is 0 Å². The molecule has 0 aliphatic carbocycles. The summed E-state index contributed by atoms with van der Waals surface area (Å²) in [7, 11) is -4.50. The van der Waals surface area contributed by atoms with Crippen molar-refractivity contribution >= 4 is 38.4 Å². The van der Waals surface area contributed by atoms with Gasteiger partial charge in [0, 0.05) is 22.5 Å². The minimum Gasteiger partial charge on any atom is -0.481 e. The third kappa shape index (κ3) is 6.40. The Morgan fingerprint density at radius 3 is 2.28 bits per heavy atom. The lowest BCUT2D eigenvalue weighted by molar-refractivity contribution is -0.153. The highest BCUT2D eigenvalue weighted by atomic mass is 35.5. The molecule has 4 aromatic carbocycles. The summed E-state index contributed by atoms with van der Waals surface area (Å²) in [6, 6.07) is 20.9. The first-order valence-corrected chi connectivity index (χ1v) is 15.8. The van der Waals surface area contributed by atoms with E-state index in [9.17, 15) is 31.5 Å². The lowest BCUT2D eigenvalue weighted by atomic mass is 9.83. The Labute approximate surface area is 267 Å². The molecular weight excluding hydrogens is 646 g/mol. The summed E-state index contributed by atoms with van der Waals surface area (Å²) in [6.45, 7) is 3.38. The molecule has 46 heavy (non-hydrogen) atoms. The van der Waals surface area contributed by atoms with Crippen molar-refractivity contribution in [3.8, 4) is 11.1 Å². The number of rotatable bonds is 9. The van der Waals surface area contributed by atoms with E-state index in [0.717, 1.165) is 16.4 Å². The Kier molecular flexibility index (Phi) is 8.80. The molecule has 1 N–H and O–H groups in total. The highest BCUT2D eigenvalue weighted by Gasteiger charge is 2.36. The highest BCUT2D eigenvalue weighted by molar-refractivity contribution is 7.89. The van der Waals surface area contributed by atoms with Gasteiger partial charge in [-0.1, -0.05) is 72.3 Å². The third-order valence-electron chi connectivity index (χ3n) is 7.88. The van der Waals surface area contributed by atoms with Gasteiger partial charge in [0.15, 0.2) is 0 Å². The van der Waals surface area contributed by atoms with Crippen LogP contribution in [0.25, 0.3) is 21.9 Å². The molecule has 5 aromatic rings. The summed E-state index contributed by atoms with van der Waals surface area (Å²) in [4.78, 5) is 11.7. The zero-order chi connectivity index (χ0) is 33.6. The molecule has 0 bridgehead atoms. The van der Waals surface area contributed by atoms with Crippen LogP contribution >= 0.6 is 11.6 Å². The molecule has 0 aliphatic rings. The van der Waals surface area contributed by atoms with Crippen molar-refractivity contribution in [2.45, 2.75) is 50.3 Å². The number of fused-ring (bicyclic) bond motifs is 1. The average molecular weight is 674 g/mol. The van der Waals surface area contributed by atoms with Crippen molar-refractivity contribution in [1.29, 1.82) is 0 Å². The van der Waals surface area contributed by atoms with Gasteiger partial charge >= 0.3 is 12.1 Å². The Morgan fingerprint density at radius 2 is 1.63 bits per heavy atom. The number of hydrogen-bond acceptors (Lipinski definition) is 4. The number of aliphatic carboxylic acids is 1. The van der Waals surface area contributed by atoms with E-state index in [4.69, 9.17) is 16.0 Å². The summed E-state index contributed by atoms with van der Waals surface area (Å²) in [5, 5.41) is 10.5. The number of carbonyl (C=O) groups is 1. The number of furan rings is 1. The number of alkyl halides is 3. The zero-order valence-corrected chi connectivity index (χ0v) is 26.4. The van der Waals surface area contributed by atoms with E-state index < -0.39 is 52.3 Å². The van der Waals surface area contributed by atoms with E-state index in [0.29, 0.717) is 39.1 Å². The van der Waals surface area contributed by atoms with Crippen LogP contribution in [0.5, 0.6) is 0 Å². The molecule has 1 heterocycles. The fraction of sp³-hybridized carbons (Fsp3) is 0.206. The summed E-state index contributed by atoms with van der Waals surface area (Å²) in [5.41, 5.74) is 0.198. The van der Waals surface area contributed by atoms with Crippen molar-refractivity contribution in [2.24, 2.45) is 0 Å². The number of carboxylic acid groups (broad SMARTS) is 1. The number of aryl methyl sites for hydroxylation is 1. The first kappa shape index (κ1) is 33.2. The molecule has 0 fully saturated rings. The molecule has 0 atom stereocenters. The number of sulfonamides is 1. The van der Waals surface area contributed by atoms with Gasteiger partial charge in [-0.2, -0.15) is 17.5 Å². The van der Waals surface area contributed by atoms with Crippen molar-refractivity contribution in [2.75, 3.05) is 0 Å². The lowest BCUT2D eigenvalue weighted by Gasteiger charge is -2.24. The molecule has 0 spiro atoms. The van der Waals surface area contributed by atoms with Gasteiger partial charge in [0.1, 0.15) is 11.6 Å².